The second kappa shape index (κ2) is 6.70. The van der Waals surface area contributed by atoms with E-state index in [0.29, 0.717) is 0 Å². The van der Waals surface area contributed by atoms with Crippen LogP contribution in [0.2, 0.25) is 0 Å². The first kappa shape index (κ1) is 13.3. The van der Waals surface area contributed by atoms with Crippen molar-refractivity contribution in [2.24, 2.45) is 5.18 Å². The number of nitrogens with zero attached hydrogens (tertiary/aromatic N) is 1. The molecule has 0 aliphatic heterocycles. The molecule has 0 saturated heterocycles. The van der Waals surface area contributed by atoms with E-state index in [1.54, 1.807) is 24.3 Å². The molecule has 0 radical (unpaired) electrons. The third-order valence-electron chi connectivity index (χ3n) is 1.68. The second-order valence-corrected chi connectivity index (χ2v) is 2.65. The molecular weight excluding hydrogens is 193 g/mol. The minimum absolute atomic E-state index is 0. The predicted molar refractivity (Wildman–Crippen MR) is 48.5 cm³/mol. The van der Waals surface area contributed by atoms with E-state index >= 15 is 0 Å². The van der Waals surface area contributed by atoms with Gasteiger partial charge in [-0.1, -0.05) is 35.5 Å². The van der Waals surface area contributed by atoms with Crippen LogP contribution in [0.1, 0.15) is 6.99 Å². The summed E-state index contributed by atoms with van der Waals surface area (Å²) in [4.78, 5) is 20.6. The van der Waals surface area contributed by atoms with Gasteiger partial charge in [-0.2, -0.15) is 0 Å². The second-order valence-electron chi connectivity index (χ2n) is 2.65. The Morgan fingerprint density at radius 2 is 2.00 bits per heavy atom. The maximum Gasteiger partial charge on any atom is 1.00 e. The summed E-state index contributed by atoms with van der Waals surface area (Å²) in [6, 6.07) is 7.76. The molecule has 1 aromatic rings. The number of hydrogen-bond donors (Lipinski definition) is 1. The fraction of sp³-hybridized carbons (Fsp3) is 0.222. The number of rotatable bonds is 4. The molecule has 0 spiro atoms. The summed E-state index contributed by atoms with van der Waals surface area (Å²) in [7, 11) is 0. The van der Waals surface area contributed by atoms with Crippen LogP contribution in [-0.4, -0.2) is 17.1 Å². The van der Waals surface area contributed by atoms with Gasteiger partial charge < -0.3 is 6.53 Å². The molecule has 70 valence electrons. The Morgan fingerprint density at radius 1 is 1.43 bits per heavy atom. The third-order valence-corrected chi connectivity index (χ3v) is 1.68. The van der Waals surface area contributed by atoms with Crippen molar-refractivity contribution in [2.75, 3.05) is 0 Å². The van der Waals surface area contributed by atoms with Crippen LogP contribution in [0, 0.1) is 4.91 Å². The van der Waals surface area contributed by atoms with Crippen LogP contribution in [0.15, 0.2) is 35.5 Å². The van der Waals surface area contributed by atoms with Crippen molar-refractivity contribution in [1.82, 2.24) is 0 Å². The zero-order chi connectivity index (χ0) is 9.68. The van der Waals surface area contributed by atoms with Crippen molar-refractivity contribution >= 4 is 5.97 Å². The summed E-state index contributed by atoms with van der Waals surface area (Å²) < 4.78 is 0. The molecule has 1 unspecified atom stereocenters. The molecule has 5 heteroatoms. The molecule has 0 aliphatic carbocycles. The van der Waals surface area contributed by atoms with E-state index in [1.807, 2.05) is 6.07 Å². The number of carboxylic acids is 1. The first-order valence-electron chi connectivity index (χ1n) is 3.83. The zero-order valence-corrected chi connectivity index (χ0v) is 9.88. The molecule has 0 fully saturated rings. The van der Waals surface area contributed by atoms with Gasteiger partial charge in [-0.15, -0.1) is 4.91 Å². The SMILES string of the molecule is O=NC(Cc1ccccc1)C(=O)O.[H-].[Na+]. The Labute approximate surface area is 105 Å². The van der Waals surface area contributed by atoms with Crippen LogP contribution in [0.4, 0.5) is 0 Å². The molecule has 1 atom stereocenters. The van der Waals surface area contributed by atoms with E-state index in [-0.39, 0.29) is 37.4 Å². The van der Waals surface area contributed by atoms with Gasteiger partial charge in [0, 0.05) is 6.42 Å². The van der Waals surface area contributed by atoms with E-state index in [4.69, 9.17) is 5.11 Å². The summed E-state index contributed by atoms with van der Waals surface area (Å²) in [5, 5.41) is 11.1. The molecule has 4 nitrogen and oxygen atoms in total. The van der Waals surface area contributed by atoms with Gasteiger partial charge in [0.05, 0.1) is 0 Å². The number of carboxylic acid groups (broad SMARTS) is 1. The molecule has 0 aliphatic rings. The van der Waals surface area contributed by atoms with Crippen LogP contribution in [0.3, 0.4) is 0 Å². The van der Waals surface area contributed by atoms with E-state index < -0.39 is 12.0 Å². The molecule has 14 heavy (non-hydrogen) atoms. The Bertz CT molecular complexity index is 307. The van der Waals surface area contributed by atoms with Gasteiger partial charge in [-0.05, 0) is 5.56 Å². The third kappa shape index (κ3) is 4.00. The topological polar surface area (TPSA) is 66.7 Å². The van der Waals surface area contributed by atoms with E-state index in [9.17, 15) is 9.70 Å². The summed E-state index contributed by atoms with van der Waals surface area (Å²) in [5.74, 6) is -1.18. The van der Waals surface area contributed by atoms with Gasteiger partial charge in [0.15, 0.2) is 6.04 Å². The fourth-order valence-electron chi connectivity index (χ4n) is 1.01. The molecule has 1 rings (SSSR count). The number of hydrogen-bond acceptors (Lipinski definition) is 3. The minimum atomic E-state index is -1.18. The largest absolute Gasteiger partial charge is 1.00 e. The summed E-state index contributed by atoms with van der Waals surface area (Å²) in [6.45, 7) is 0. The van der Waals surface area contributed by atoms with Crippen molar-refractivity contribution in [3.8, 4) is 0 Å². The number of aliphatic carboxylic acids is 1. The Hall–Kier alpha value is -0.710. The van der Waals surface area contributed by atoms with Crippen LogP contribution in [0.5, 0.6) is 0 Å². The molecule has 0 heterocycles. The van der Waals surface area contributed by atoms with Crippen molar-refractivity contribution < 1.29 is 40.9 Å². The van der Waals surface area contributed by atoms with E-state index in [0.717, 1.165) is 5.56 Å². The average molecular weight is 203 g/mol. The number of benzene rings is 1. The van der Waals surface area contributed by atoms with Crippen molar-refractivity contribution in [2.45, 2.75) is 12.5 Å². The Morgan fingerprint density at radius 3 is 2.43 bits per heavy atom. The minimum Gasteiger partial charge on any atom is -1.00 e. The maximum atomic E-state index is 10.4. The molecule has 0 saturated carbocycles. The van der Waals surface area contributed by atoms with E-state index in [1.165, 1.54) is 0 Å². The Balaban J connectivity index is 0. The molecular formula is C9H10NNaO3. The van der Waals surface area contributed by atoms with Gasteiger partial charge in [0.2, 0.25) is 0 Å². The van der Waals surface area contributed by atoms with Gasteiger partial charge in [0.1, 0.15) is 0 Å². The van der Waals surface area contributed by atoms with Crippen molar-refractivity contribution in [3.63, 3.8) is 0 Å². The smallest absolute Gasteiger partial charge is 1.00 e. The summed E-state index contributed by atoms with van der Waals surface area (Å²) in [5.41, 5.74) is 0.800. The van der Waals surface area contributed by atoms with Crippen molar-refractivity contribution in [3.05, 3.63) is 40.8 Å². The monoisotopic (exact) mass is 203 g/mol. The molecule has 1 N–H and O–H groups in total. The average Bonchev–Trinajstić information content (AvgIpc) is 2.15. The van der Waals surface area contributed by atoms with Gasteiger partial charge in [0.25, 0.3) is 0 Å². The van der Waals surface area contributed by atoms with Gasteiger partial charge >= 0.3 is 35.5 Å². The fourth-order valence-corrected chi connectivity index (χ4v) is 1.01. The molecule has 0 aromatic heterocycles. The quantitative estimate of drug-likeness (QED) is 0.481. The molecule has 0 bridgehead atoms. The van der Waals surface area contributed by atoms with Crippen LogP contribution >= 0.6 is 0 Å². The van der Waals surface area contributed by atoms with E-state index in [2.05, 4.69) is 5.18 Å². The first-order chi connectivity index (χ1) is 6.24. The normalized spacial score (nSPS) is 11.1. The standard InChI is InChI=1S/C9H9NO3.Na.H/c11-9(12)8(10-13)6-7-4-2-1-3-5-7;;/h1-5,8H,6H2,(H,11,12);;/q;+1;-1. The zero-order valence-electron chi connectivity index (χ0n) is 8.88. The predicted octanol–water partition coefficient (Wildman–Crippen LogP) is -1.43. The molecule has 0 amide bonds. The van der Waals surface area contributed by atoms with Gasteiger partial charge in [-0.25, -0.2) is 4.79 Å². The van der Waals surface area contributed by atoms with Crippen LogP contribution in [-0.2, 0) is 11.2 Å². The van der Waals surface area contributed by atoms with Crippen LogP contribution < -0.4 is 29.6 Å². The first-order valence-corrected chi connectivity index (χ1v) is 3.83. The number of nitroso groups, excluding NO2 is 1. The van der Waals surface area contributed by atoms with Crippen LogP contribution in [0.25, 0.3) is 0 Å². The van der Waals surface area contributed by atoms with Crippen molar-refractivity contribution in [1.29, 1.82) is 0 Å². The van der Waals surface area contributed by atoms with Gasteiger partial charge in [-0.3, -0.25) is 0 Å². The maximum absolute atomic E-state index is 10.4. The summed E-state index contributed by atoms with van der Waals surface area (Å²) >= 11 is 0. The summed E-state index contributed by atoms with van der Waals surface area (Å²) in [6.07, 6.45) is 0.152. The number of carbonyl (C=O) groups is 1. The molecule has 1 aromatic carbocycles. The Kier molecular flexibility index (Phi) is 6.36.